The van der Waals surface area contributed by atoms with Gasteiger partial charge < -0.3 is 20.1 Å². The van der Waals surface area contributed by atoms with Crippen LogP contribution < -0.4 is 0 Å². The first kappa shape index (κ1) is 17.6. The summed E-state index contributed by atoms with van der Waals surface area (Å²) in [6.45, 7) is 1.39. The molecule has 0 heterocycles. The molecule has 0 aliphatic heterocycles. The van der Waals surface area contributed by atoms with Gasteiger partial charge in [-0.15, -0.1) is 0 Å². The van der Waals surface area contributed by atoms with Gasteiger partial charge in [0.2, 0.25) is 0 Å². The van der Waals surface area contributed by atoms with Gasteiger partial charge >= 0.3 is 17.9 Å². The third-order valence-electron chi connectivity index (χ3n) is 1.95. The van der Waals surface area contributed by atoms with Crippen LogP contribution in [0.5, 0.6) is 0 Å². The minimum atomic E-state index is -1.19. The van der Waals surface area contributed by atoms with Crippen LogP contribution in [-0.4, -0.2) is 46.4 Å². The number of aliphatic hydroxyl groups excluding tert-OH is 1. The standard InChI is InChI=1S/C11H12O4.C2H4O3/c1-2-7-15-11(14)9-6-4-3-5-8(9)10(12)13;3-1-2(4)5/h3-6H,2,7H2,1H3,(H,12,13);3H,1H2,(H,4,5). The molecule has 20 heavy (non-hydrogen) atoms. The summed E-state index contributed by atoms with van der Waals surface area (Å²) in [4.78, 5) is 31.4. The lowest BCUT2D eigenvalue weighted by Crippen LogP contribution is -2.11. The normalized spacial score (nSPS) is 9.10. The molecule has 0 spiro atoms. The Morgan fingerprint density at radius 2 is 1.60 bits per heavy atom. The van der Waals surface area contributed by atoms with Crippen LogP contribution in [0.2, 0.25) is 0 Å². The molecule has 1 rings (SSSR count). The van der Waals surface area contributed by atoms with E-state index in [1.165, 1.54) is 12.1 Å². The van der Waals surface area contributed by atoms with Crippen molar-refractivity contribution in [1.29, 1.82) is 0 Å². The molecule has 110 valence electrons. The molecule has 0 bridgehead atoms. The second-order valence-corrected chi connectivity index (χ2v) is 3.54. The van der Waals surface area contributed by atoms with Crippen molar-refractivity contribution in [3.8, 4) is 0 Å². The number of esters is 1. The van der Waals surface area contributed by atoms with E-state index in [9.17, 15) is 9.59 Å². The minimum Gasteiger partial charge on any atom is -0.480 e. The molecule has 1 aromatic rings. The number of hydrogen-bond donors (Lipinski definition) is 3. The van der Waals surface area contributed by atoms with Gasteiger partial charge in [0.1, 0.15) is 6.61 Å². The molecule has 0 aliphatic rings. The molecule has 0 saturated heterocycles. The van der Waals surface area contributed by atoms with Gasteiger partial charge in [0.15, 0.2) is 0 Å². The Morgan fingerprint density at radius 3 is 2.00 bits per heavy atom. The lowest BCUT2D eigenvalue weighted by molar-refractivity contribution is -0.140. The van der Waals surface area contributed by atoms with Crippen LogP contribution in [0.15, 0.2) is 24.3 Å². The van der Waals surface area contributed by atoms with E-state index in [-0.39, 0.29) is 11.1 Å². The van der Waals surface area contributed by atoms with E-state index >= 15 is 0 Å². The zero-order valence-corrected chi connectivity index (χ0v) is 10.9. The summed E-state index contributed by atoms with van der Waals surface area (Å²) >= 11 is 0. The van der Waals surface area contributed by atoms with Crippen molar-refractivity contribution in [3.05, 3.63) is 35.4 Å². The Hall–Kier alpha value is -2.41. The molecular weight excluding hydrogens is 268 g/mol. The van der Waals surface area contributed by atoms with Crippen molar-refractivity contribution < 1.29 is 34.4 Å². The van der Waals surface area contributed by atoms with Crippen LogP contribution in [0.25, 0.3) is 0 Å². The quantitative estimate of drug-likeness (QED) is 0.690. The van der Waals surface area contributed by atoms with E-state index in [1.807, 2.05) is 6.92 Å². The number of ether oxygens (including phenoxy) is 1. The van der Waals surface area contributed by atoms with Gasteiger partial charge in [0, 0.05) is 0 Å². The number of rotatable bonds is 5. The van der Waals surface area contributed by atoms with Gasteiger partial charge in [-0.3, -0.25) is 0 Å². The molecule has 7 heteroatoms. The molecule has 0 radical (unpaired) electrons. The maximum atomic E-state index is 11.4. The third-order valence-corrected chi connectivity index (χ3v) is 1.95. The predicted octanol–water partition coefficient (Wildman–Crippen LogP) is 1.01. The van der Waals surface area contributed by atoms with Crippen molar-refractivity contribution in [1.82, 2.24) is 0 Å². The summed E-state index contributed by atoms with van der Waals surface area (Å²) in [6.07, 6.45) is 0.709. The summed E-state index contributed by atoms with van der Waals surface area (Å²) in [5.41, 5.74) is 0.0667. The second-order valence-electron chi connectivity index (χ2n) is 3.54. The summed E-state index contributed by atoms with van der Waals surface area (Å²) in [5.74, 6) is -2.90. The Morgan fingerprint density at radius 1 is 1.10 bits per heavy atom. The highest BCUT2D eigenvalue weighted by Crippen LogP contribution is 2.10. The van der Waals surface area contributed by atoms with Gasteiger partial charge in [-0.05, 0) is 18.6 Å². The van der Waals surface area contributed by atoms with Gasteiger partial charge in [0.05, 0.1) is 17.7 Å². The molecule has 7 nitrogen and oxygen atoms in total. The van der Waals surface area contributed by atoms with Crippen molar-refractivity contribution >= 4 is 17.9 Å². The Kier molecular flexibility index (Phi) is 8.36. The smallest absolute Gasteiger partial charge is 0.339 e. The fourth-order valence-corrected chi connectivity index (χ4v) is 1.12. The van der Waals surface area contributed by atoms with E-state index in [0.29, 0.717) is 13.0 Å². The first-order valence-corrected chi connectivity index (χ1v) is 5.76. The maximum Gasteiger partial charge on any atom is 0.339 e. The monoisotopic (exact) mass is 284 g/mol. The largest absolute Gasteiger partial charge is 0.480 e. The number of carbonyl (C=O) groups excluding carboxylic acids is 1. The molecule has 0 aliphatic carbocycles. The molecule has 0 aromatic heterocycles. The fourth-order valence-electron chi connectivity index (χ4n) is 1.12. The van der Waals surface area contributed by atoms with Crippen LogP contribution in [0.4, 0.5) is 0 Å². The topological polar surface area (TPSA) is 121 Å². The Labute approximate surface area is 115 Å². The summed E-state index contributed by atoms with van der Waals surface area (Å²) in [5, 5.41) is 23.8. The van der Waals surface area contributed by atoms with E-state index in [0.717, 1.165) is 0 Å². The average Bonchev–Trinajstić information content (AvgIpc) is 2.45. The maximum absolute atomic E-state index is 11.4. The van der Waals surface area contributed by atoms with E-state index in [4.69, 9.17) is 24.9 Å². The van der Waals surface area contributed by atoms with Crippen LogP contribution in [-0.2, 0) is 9.53 Å². The van der Waals surface area contributed by atoms with Crippen molar-refractivity contribution in [2.24, 2.45) is 0 Å². The molecule has 0 atom stereocenters. The highest BCUT2D eigenvalue weighted by atomic mass is 16.5. The van der Waals surface area contributed by atoms with Gasteiger partial charge in [0.25, 0.3) is 0 Å². The summed E-state index contributed by atoms with van der Waals surface area (Å²) in [6, 6.07) is 6.00. The summed E-state index contributed by atoms with van der Waals surface area (Å²) < 4.78 is 4.87. The number of carboxylic acid groups (broad SMARTS) is 2. The Balaban J connectivity index is 0.000000621. The predicted molar refractivity (Wildman–Crippen MR) is 68.7 cm³/mol. The number of carboxylic acids is 2. The van der Waals surface area contributed by atoms with E-state index in [2.05, 4.69) is 0 Å². The van der Waals surface area contributed by atoms with Crippen molar-refractivity contribution in [2.45, 2.75) is 13.3 Å². The average molecular weight is 284 g/mol. The fraction of sp³-hybridized carbons (Fsp3) is 0.308. The Bertz CT molecular complexity index is 468. The molecule has 0 saturated carbocycles. The highest BCUT2D eigenvalue weighted by molar-refractivity contribution is 6.02. The molecular formula is C13H16O7. The van der Waals surface area contributed by atoms with Crippen molar-refractivity contribution in [2.75, 3.05) is 13.2 Å². The molecule has 0 amide bonds. The van der Waals surface area contributed by atoms with Gasteiger partial charge in [-0.1, -0.05) is 19.1 Å². The number of aromatic carboxylic acids is 1. The lowest BCUT2D eigenvalue weighted by Gasteiger charge is -2.05. The van der Waals surface area contributed by atoms with E-state index < -0.39 is 24.5 Å². The van der Waals surface area contributed by atoms with Crippen LogP contribution in [0.1, 0.15) is 34.1 Å². The van der Waals surface area contributed by atoms with Crippen molar-refractivity contribution in [3.63, 3.8) is 0 Å². The molecule has 0 unspecified atom stereocenters. The summed E-state index contributed by atoms with van der Waals surface area (Å²) in [7, 11) is 0. The number of carbonyl (C=O) groups is 3. The lowest BCUT2D eigenvalue weighted by atomic mass is 10.1. The van der Waals surface area contributed by atoms with Gasteiger partial charge in [-0.25, -0.2) is 14.4 Å². The first-order chi connectivity index (χ1) is 9.43. The number of aliphatic carboxylic acids is 1. The molecule has 0 fully saturated rings. The SMILES string of the molecule is CCCOC(=O)c1ccccc1C(=O)O.O=C(O)CO. The molecule has 3 N–H and O–H groups in total. The number of hydrogen-bond acceptors (Lipinski definition) is 5. The van der Waals surface area contributed by atoms with Crippen LogP contribution in [0, 0.1) is 0 Å². The van der Waals surface area contributed by atoms with Crippen LogP contribution >= 0.6 is 0 Å². The zero-order chi connectivity index (χ0) is 15.5. The first-order valence-electron chi connectivity index (χ1n) is 5.76. The number of aliphatic hydroxyl groups is 1. The molecule has 1 aromatic carbocycles. The van der Waals surface area contributed by atoms with Crippen LogP contribution in [0.3, 0.4) is 0 Å². The van der Waals surface area contributed by atoms with E-state index in [1.54, 1.807) is 12.1 Å². The second kappa shape index (κ2) is 9.51. The van der Waals surface area contributed by atoms with Gasteiger partial charge in [-0.2, -0.15) is 0 Å². The number of benzene rings is 1. The minimum absolute atomic E-state index is 0.0291. The third kappa shape index (κ3) is 6.50. The zero-order valence-electron chi connectivity index (χ0n) is 10.9. The highest BCUT2D eigenvalue weighted by Gasteiger charge is 2.16.